The lowest BCUT2D eigenvalue weighted by molar-refractivity contribution is -0.161. The van der Waals surface area contributed by atoms with Gasteiger partial charge in [0.15, 0.2) is 6.10 Å². The van der Waals surface area contributed by atoms with Crippen LogP contribution in [0.5, 0.6) is 0 Å². The van der Waals surface area contributed by atoms with Crippen molar-refractivity contribution in [1.29, 1.82) is 0 Å². The van der Waals surface area contributed by atoms with Crippen LogP contribution in [0.3, 0.4) is 0 Å². The van der Waals surface area contributed by atoms with Crippen molar-refractivity contribution < 1.29 is 42.3 Å². The maximum atomic E-state index is 12.4. The summed E-state index contributed by atoms with van der Waals surface area (Å²) in [6.45, 7) is 6.24. The van der Waals surface area contributed by atoms with Crippen molar-refractivity contribution in [2.45, 2.75) is 40.2 Å². The molecule has 0 bridgehead atoms. The molecule has 2 N–H and O–H groups in total. The van der Waals surface area contributed by atoms with Crippen molar-refractivity contribution in [2.75, 3.05) is 27.1 Å². The van der Waals surface area contributed by atoms with Crippen LogP contribution in [0, 0.1) is 11.3 Å². The first-order valence-corrected chi connectivity index (χ1v) is 9.61. The number of nitrogens with one attached hydrogen (secondary N) is 1. The fraction of sp³-hybridized carbons (Fsp3) is 0.800. The first-order chi connectivity index (χ1) is 12.0. The van der Waals surface area contributed by atoms with Crippen molar-refractivity contribution in [3.63, 3.8) is 0 Å². The molecule has 1 aliphatic rings. The number of amides is 1. The van der Waals surface area contributed by atoms with Crippen molar-refractivity contribution in [2.24, 2.45) is 11.3 Å². The Labute approximate surface area is 153 Å². The zero-order chi connectivity index (χ0) is 20.0. The Morgan fingerprint density at radius 3 is 2.58 bits per heavy atom. The molecule has 1 unspecified atom stereocenters. The molecule has 2 atom stereocenters. The van der Waals surface area contributed by atoms with Gasteiger partial charge in [-0.15, -0.1) is 0 Å². The monoisotopic (exact) mass is 396 g/mol. The van der Waals surface area contributed by atoms with Gasteiger partial charge in [0.05, 0.1) is 26.1 Å². The fourth-order valence-corrected chi connectivity index (χ4v) is 3.43. The average Bonchev–Trinajstić information content (AvgIpc) is 2.56. The Morgan fingerprint density at radius 1 is 1.35 bits per heavy atom. The van der Waals surface area contributed by atoms with Crippen molar-refractivity contribution in [1.82, 2.24) is 5.32 Å². The summed E-state index contributed by atoms with van der Waals surface area (Å²) in [7, 11) is -2.57. The second-order valence-corrected chi connectivity index (χ2v) is 8.36. The van der Waals surface area contributed by atoms with E-state index in [2.05, 4.69) is 10.1 Å². The van der Waals surface area contributed by atoms with E-state index in [-0.39, 0.29) is 25.5 Å². The summed E-state index contributed by atoms with van der Waals surface area (Å²) >= 11 is 0. The number of hydrogen-bond donors (Lipinski definition) is 2. The van der Waals surface area contributed by atoms with Gasteiger partial charge in [-0.2, -0.15) is 0 Å². The van der Waals surface area contributed by atoms with Gasteiger partial charge in [-0.05, 0) is 0 Å². The van der Waals surface area contributed by atoms with Crippen molar-refractivity contribution in [3.8, 4) is 0 Å². The molecular weight excluding hydrogens is 369 g/mol. The number of carbonyl (C=O) groups excluding carboxylic acids is 3. The van der Waals surface area contributed by atoms with E-state index < -0.39 is 44.3 Å². The van der Waals surface area contributed by atoms with E-state index >= 15 is 0 Å². The van der Waals surface area contributed by atoms with Crippen molar-refractivity contribution in [3.05, 3.63) is 0 Å². The predicted octanol–water partition coefficient (Wildman–Crippen LogP) is 0.950. The molecule has 11 heteroatoms. The standard InChI is InChI=1S/C15H27NO9P/c1-10(2)14(19)22-9-24-26(20)23-8-15(3,4)12(25-26)13(18)16-7-6-11(17)21-5/h10,12,20H,6-9H2,1-5H3,(H,16,18)/t12-/m0/s1. The lowest BCUT2D eigenvalue weighted by Crippen LogP contribution is -2.50. The molecule has 1 aliphatic heterocycles. The highest BCUT2D eigenvalue weighted by Gasteiger charge is 2.50. The number of hydrogen-bond acceptors (Lipinski definition) is 9. The van der Waals surface area contributed by atoms with Crippen LogP contribution in [0.1, 0.15) is 34.1 Å². The predicted molar refractivity (Wildman–Crippen MR) is 90.3 cm³/mol. The van der Waals surface area contributed by atoms with Crippen LogP contribution in [-0.4, -0.2) is 55.9 Å². The molecule has 1 saturated heterocycles. The molecule has 1 heterocycles. The molecule has 1 fully saturated rings. The zero-order valence-corrected chi connectivity index (χ0v) is 16.5. The van der Waals surface area contributed by atoms with Gasteiger partial charge in [-0.25, -0.2) is 0 Å². The zero-order valence-electron chi connectivity index (χ0n) is 15.6. The average molecular weight is 396 g/mol. The molecule has 1 radical (unpaired) electrons. The van der Waals surface area contributed by atoms with E-state index in [0.29, 0.717) is 0 Å². The number of esters is 2. The molecule has 0 aromatic rings. The van der Waals surface area contributed by atoms with Crippen LogP contribution in [-0.2, 0) is 37.4 Å². The Hall–Kier alpha value is -1.32. The van der Waals surface area contributed by atoms with Gasteiger partial charge in [0, 0.05) is 12.0 Å². The van der Waals surface area contributed by atoms with Crippen LogP contribution < -0.4 is 5.32 Å². The first-order valence-electron chi connectivity index (χ1n) is 8.11. The number of rotatable bonds is 8. The molecule has 0 spiro atoms. The van der Waals surface area contributed by atoms with Gasteiger partial charge in [-0.3, -0.25) is 28.0 Å². The Morgan fingerprint density at radius 2 is 2.00 bits per heavy atom. The molecule has 0 aromatic heterocycles. The molecule has 0 aromatic carbocycles. The van der Waals surface area contributed by atoms with E-state index in [1.807, 2.05) is 0 Å². The summed E-state index contributed by atoms with van der Waals surface area (Å²) in [5, 5.41) is 2.55. The molecule has 151 valence electrons. The number of methoxy groups -OCH3 is 1. The quantitative estimate of drug-likeness (QED) is 0.350. The lowest BCUT2D eigenvalue weighted by Gasteiger charge is -2.43. The molecule has 1 rings (SSSR count). The van der Waals surface area contributed by atoms with Crippen LogP contribution in [0.4, 0.5) is 0 Å². The summed E-state index contributed by atoms with van der Waals surface area (Å²) in [4.78, 5) is 45.2. The SMILES string of the molecule is COC(=O)CCNC(=O)[C@@H]1O[P](O)(OCOC(=O)C(C)C)OCC1(C)C. The van der Waals surface area contributed by atoms with E-state index in [1.165, 1.54) is 7.11 Å². The maximum Gasteiger partial charge on any atom is 0.381 e. The molecular formula is C15H27NO9P. The highest BCUT2D eigenvalue weighted by atomic mass is 31.2. The minimum Gasteiger partial charge on any atom is -0.469 e. The third-order valence-corrected chi connectivity index (χ3v) is 4.90. The van der Waals surface area contributed by atoms with Gasteiger partial charge in [0.1, 0.15) is 0 Å². The normalized spacial score (nSPS) is 24.8. The summed E-state index contributed by atoms with van der Waals surface area (Å²) in [5.41, 5.74) is -0.750. The van der Waals surface area contributed by atoms with Crippen LogP contribution in [0.2, 0.25) is 0 Å². The first kappa shape index (κ1) is 22.7. The number of ether oxygens (including phenoxy) is 2. The summed E-state index contributed by atoms with van der Waals surface area (Å²) in [6, 6.07) is 0. The van der Waals surface area contributed by atoms with E-state index in [9.17, 15) is 19.3 Å². The Kier molecular flexibility index (Phi) is 8.36. The topological polar surface area (TPSA) is 130 Å². The second-order valence-electron chi connectivity index (χ2n) is 6.70. The third kappa shape index (κ3) is 6.77. The number of carbonyl (C=O) groups is 3. The smallest absolute Gasteiger partial charge is 0.381 e. The van der Waals surface area contributed by atoms with E-state index in [0.717, 1.165) is 0 Å². The minimum atomic E-state index is -3.83. The largest absolute Gasteiger partial charge is 0.469 e. The molecule has 1 amide bonds. The highest BCUT2D eigenvalue weighted by molar-refractivity contribution is 7.55. The molecule has 26 heavy (non-hydrogen) atoms. The van der Waals surface area contributed by atoms with Gasteiger partial charge in [0.25, 0.3) is 0 Å². The summed E-state index contributed by atoms with van der Waals surface area (Å²) in [5.74, 6) is -1.85. The van der Waals surface area contributed by atoms with E-state index in [1.54, 1.807) is 27.7 Å². The van der Waals surface area contributed by atoms with Crippen molar-refractivity contribution >= 4 is 26.0 Å². The van der Waals surface area contributed by atoms with E-state index in [4.69, 9.17) is 18.3 Å². The minimum absolute atomic E-state index is 0.00690. The van der Waals surface area contributed by atoms with Gasteiger partial charge >= 0.3 is 20.1 Å². The van der Waals surface area contributed by atoms with Gasteiger partial charge < -0.3 is 19.7 Å². The summed E-state index contributed by atoms with van der Waals surface area (Å²) < 4.78 is 25.0. The lowest BCUT2D eigenvalue weighted by atomic mass is 9.87. The fourth-order valence-electron chi connectivity index (χ4n) is 1.90. The Bertz CT molecular complexity index is 525. The second kappa shape index (κ2) is 9.57. The molecule has 0 aliphatic carbocycles. The highest BCUT2D eigenvalue weighted by Crippen LogP contribution is 2.63. The Balaban J connectivity index is 2.61. The van der Waals surface area contributed by atoms with Crippen LogP contribution in [0.15, 0.2) is 0 Å². The van der Waals surface area contributed by atoms with Gasteiger partial charge in [0.2, 0.25) is 12.7 Å². The maximum absolute atomic E-state index is 12.4. The molecule has 10 nitrogen and oxygen atoms in total. The van der Waals surface area contributed by atoms with Crippen LogP contribution >= 0.6 is 8.17 Å². The van der Waals surface area contributed by atoms with Gasteiger partial charge in [-0.1, -0.05) is 27.7 Å². The summed E-state index contributed by atoms with van der Waals surface area (Å²) in [6.07, 6.45) is -1.07. The van der Waals surface area contributed by atoms with Crippen LogP contribution in [0.25, 0.3) is 0 Å². The third-order valence-electron chi connectivity index (χ3n) is 3.53. The molecule has 0 saturated carbocycles.